The number of hydrogen-bond acceptors (Lipinski definition) is 4. The van der Waals surface area contributed by atoms with Gasteiger partial charge in [0, 0.05) is 0 Å². The van der Waals surface area contributed by atoms with Gasteiger partial charge >= 0.3 is 5.97 Å². The molecule has 0 saturated heterocycles. The van der Waals surface area contributed by atoms with Crippen molar-refractivity contribution in [3.63, 3.8) is 0 Å². The fraction of sp³-hybridized carbons (Fsp3) is 0.875. The van der Waals surface area contributed by atoms with E-state index in [1.165, 1.54) is 0 Å². The minimum absolute atomic E-state index is 0.0419. The number of ether oxygens (including phenoxy) is 1. The van der Waals surface area contributed by atoms with Crippen LogP contribution in [0.3, 0.4) is 0 Å². The molecule has 78 valence electrons. The first-order valence-corrected chi connectivity index (χ1v) is 6.09. The Balaban J connectivity index is 4.05. The van der Waals surface area contributed by atoms with Crippen molar-refractivity contribution >= 4 is 15.8 Å². The molecule has 0 rings (SSSR count). The van der Waals surface area contributed by atoms with Crippen LogP contribution in [0.2, 0.25) is 0 Å². The van der Waals surface area contributed by atoms with E-state index in [4.69, 9.17) is 4.74 Å². The van der Waals surface area contributed by atoms with E-state index in [9.17, 15) is 13.2 Å². The number of rotatable bonds is 5. The van der Waals surface area contributed by atoms with Gasteiger partial charge in [-0.1, -0.05) is 6.92 Å². The molecule has 0 fully saturated rings. The molecule has 0 spiro atoms. The molecule has 0 aromatic rings. The first-order valence-electron chi connectivity index (χ1n) is 4.27. The van der Waals surface area contributed by atoms with Crippen LogP contribution in [0.5, 0.6) is 0 Å². The monoisotopic (exact) mass is 208 g/mol. The van der Waals surface area contributed by atoms with E-state index in [1.54, 1.807) is 20.8 Å². The minimum atomic E-state index is -3.25. The molecule has 0 bridgehead atoms. The summed E-state index contributed by atoms with van der Waals surface area (Å²) in [6.07, 6.45) is 0.265. The number of carbonyl (C=O) groups excluding carboxylic acids is 1. The highest BCUT2D eigenvalue weighted by molar-refractivity contribution is 7.92. The van der Waals surface area contributed by atoms with Crippen molar-refractivity contribution in [1.82, 2.24) is 0 Å². The molecule has 0 aromatic heterocycles. The Labute approximate surface area is 79.2 Å². The summed E-state index contributed by atoms with van der Waals surface area (Å²) in [5.74, 6) is -1.12. The van der Waals surface area contributed by atoms with Gasteiger partial charge in [0.15, 0.2) is 9.84 Å². The zero-order chi connectivity index (χ0) is 10.5. The van der Waals surface area contributed by atoms with Crippen molar-refractivity contribution in [2.75, 3.05) is 11.5 Å². The van der Waals surface area contributed by atoms with Gasteiger partial charge in [-0.25, -0.2) is 8.42 Å². The van der Waals surface area contributed by atoms with Gasteiger partial charge in [-0.05, 0) is 20.3 Å². The molecule has 0 aliphatic carbocycles. The lowest BCUT2D eigenvalue weighted by atomic mass is 10.5. The molecule has 13 heavy (non-hydrogen) atoms. The molecule has 0 amide bonds. The van der Waals surface area contributed by atoms with Crippen molar-refractivity contribution in [3.8, 4) is 0 Å². The second-order valence-corrected chi connectivity index (χ2v) is 5.31. The van der Waals surface area contributed by atoms with E-state index >= 15 is 0 Å². The molecular formula is C8H16O4S. The highest BCUT2D eigenvalue weighted by atomic mass is 32.2. The summed E-state index contributed by atoms with van der Waals surface area (Å²) in [5.41, 5.74) is 0. The molecule has 0 aromatic carbocycles. The average Bonchev–Trinajstić information content (AvgIpc) is 1.81. The molecule has 0 atom stereocenters. The van der Waals surface area contributed by atoms with Crippen LogP contribution in [0.15, 0.2) is 0 Å². The zero-order valence-corrected chi connectivity index (χ0v) is 9.06. The lowest BCUT2D eigenvalue weighted by molar-refractivity contribution is -0.144. The van der Waals surface area contributed by atoms with E-state index in [-0.39, 0.29) is 11.9 Å². The van der Waals surface area contributed by atoms with Crippen LogP contribution in [0.25, 0.3) is 0 Å². The predicted octanol–water partition coefficient (Wildman–Crippen LogP) is 0.763. The Hall–Kier alpha value is -0.580. The fourth-order valence-corrected chi connectivity index (χ4v) is 2.05. The van der Waals surface area contributed by atoms with E-state index in [2.05, 4.69) is 0 Å². The summed E-state index contributed by atoms with van der Waals surface area (Å²) < 4.78 is 27.0. The quantitative estimate of drug-likeness (QED) is 0.626. The summed E-state index contributed by atoms with van der Waals surface area (Å²) in [6, 6.07) is 0. The van der Waals surface area contributed by atoms with E-state index in [0.29, 0.717) is 6.42 Å². The molecule has 4 nitrogen and oxygen atoms in total. The summed E-state index contributed by atoms with van der Waals surface area (Å²) >= 11 is 0. The molecule has 0 heterocycles. The molecule has 0 aliphatic heterocycles. The Bertz CT molecular complexity index is 253. The lowest BCUT2D eigenvalue weighted by Crippen LogP contribution is -2.23. The largest absolute Gasteiger partial charge is 0.462 e. The SMILES string of the molecule is CCCS(=O)(=O)CC(=O)OC(C)C. The van der Waals surface area contributed by atoms with Gasteiger partial charge in [-0.15, -0.1) is 0 Å². The molecule has 5 heteroatoms. The summed E-state index contributed by atoms with van der Waals surface area (Å²) in [6.45, 7) is 5.13. The van der Waals surface area contributed by atoms with E-state index in [0.717, 1.165) is 0 Å². The summed E-state index contributed by atoms with van der Waals surface area (Å²) in [5, 5.41) is 0. The van der Waals surface area contributed by atoms with Gasteiger partial charge in [-0.3, -0.25) is 4.79 Å². The van der Waals surface area contributed by atoms with Crippen LogP contribution in [-0.4, -0.2) is 32.0 Å². The third-order valence-electron chi connectivity index (χ3n) is 1.22. The van der Waals surface area contributed by atoms with Crippen molar-refractivity contribution < 1.29 is 17.9 Å². The molecule has 0 aliphatic rings. The Morgan fingerprint density at radius 1 is 1.38 bits per heavy atom. The second-order valence-electron chi connectivity index (χ2n) is 3.13. The lowest BCUT2D eigenvalue weighted by Gasteiger charge is -2.07. The highest BCUT2D eigenvalue weighted by Crippen LogP contribution is 1.97. The van der Waals surface area contributed by atoms with Crippen LogP contribution in [0.4, 0.5) is 0 Å². The van der Waals surface area contributed by atoms with Crippen molar-refractivity contribution in [2.24, 2.45) is 0 Å². The number of carbonyl (C=O) groups is 1. The van der Waals surface area contributed by atoms with Gasteiger partial charge in [0.25, 0.3) is 0 Å². The molecular weight excluding hydrogens is 192 g/mol. The molecule has 0 N–H and O–H groups in total. The third-order valence-corrected chi connectivity index (χ3v) is 2.93. The summed E-state index contributed by atoms with van der Waals surface area (Å²) in [4.78, 5) is 10.9. The first-order chi connectivity index (χ1) is 5.87. The average molecular weight is 208 g/mol. The highest BCUT2D eigenvalue weighted by Gasteiger charge is 2.17. The van der Waals surface area contributed by atoms with Crippen LogP contribution < -0.4 is 0 Å². The molecule has 0 saturated carbocycles. The van der Waals surface area contributed by atoms with Gasteiger partial charge < -0.3 is 4.74 Å². The van der Waals surface area contributed by atoms with Gasteiger partial charge in [0.1, 0.15) is 5.75 Å². The van der Waals surface area contributed by atoms with Gasteiger partial charge in [-0.2, -0.15) is 0 Å². The van der Waals surface area contributed by atoms with Crippen LogP contribution in [-0.2, 0) is 19.4 Å². The first kappa shape index (κ1) is 12.4. The second kappa shape index (κ2) is 5.21. The fourth-order valence-electron chi connectivity index (χ4n) is 0.860. The Kier molecular flexibility index (Phi) is 4.98. The zero-order valence-electron chi connectivity index (χ0n) is 8.24. The van der Waals surface area contributed by atoms with Crippen LogP contribution in [0, 0.1) is 0 Å². The maximum absolute atomic E-state index is 11.1. The van der Waals surface area contributed by atoms with E-state index in [1.807, 2.05) is 0 Å². The normalized spacial score (nSPS) is 11.7. The van der Waals surface area contributed by atoms with Crippen molar-refractivity contribution in [1.29, 1.82) is 0 Å². The third kappa shape index (κ3) is 6.57. The maximum atomic E-state index is 11.1. The van der Waals surface area contributed by atoms with E-state index < -0.39 is 21.6 Å². The Morgan fingerprint density at radius 3 is 2.31 bits per heavy atom. The predicted molar refractivity (Wildman–Crippen MR) is 50.2 cm³/mol. The number of esters is 1. The molecule has 0 unspecified atom stereocenters. The van der Waals surface area contributed by atoms with Crippen molar-refractivity contribution in [3.05, 3.63) is 0 Å². The number of hydrogen-bond donors (Lipinski definition) is 0. The van der Waals surface area contributed by atoms with Crippen LogP contribution in [0.1, 0.15) is 27.2 Å². The standard InChI is InChI=1S/C8H16O4S/c1-4-5-13(10,11)6-8(9)12-7(2)3/h7H,4-6H2,1-3H3. The van der Waals surface area contributed by atoms with Gasteiger partial charge in [0.05, 0.1) is 11.9 Å². The topological polar surface area (TPSA) is 60.4 Å². The summed E-state index contributed by atoms with van der Waals surface area (Å²) in [7, 11) is -3.25. The minimum Gasteiger partial charge on any atom is -0.462 e. The maximum Gasteiger partial charge on any atom is 0.321 e. The number of sulfone groups is 1. The smallest absolute Gasteiger partial charge is 0.321 e. The van der Waals surface area contributed by atoms with Crippen LogP contribution >= 0.6 is 0 Å². The van der Waals surface area contributed by atoms with Crippen molar-refractivity contribution in [2.45, 2.75) is 33.3 Å². The molecule has 0 radical (unpaired) electrons. The Morgan fingerprint density at radius 2 is 1.92 bits per heavy atom. The van der Waals surface area contributed by atoms with Gasteiger partial charge in [0.2, 0.25) is 0 Å².